The maximum absolute atomic E-state index is 16.9. The van der Waals surface area contributed by atoms with Crippen LogP contribution in [0.3, 0.4) is 0 Å². The molecule has 0 spiro atoms. The molecular weight excluding hydrogens is 909 g/mol. The van der Waals surface area contributed by atoms with Crippen LogP contribution in [0.1, 0.15) is 311 Å². The Morgan fingerprint density at radius 3 is 0.529 bits per heavy atom. The van der Waals surface area contributed by atoms with Gasteiger partial charge in [0.05, 0.1) is 0 Å². The number of hydrogen-bond donors (Lipinski definition) is 0. The molecule has 0 saturated heterocycles. The van der Waals surface area contributed by atoms with E-state index in [1.165, 1.54) is 231 Å². The van der Waals surface area contributed by atoms with Gasteiger partial charge in [-0.25, -0.2) is 0 Å². The van der Waals surface area contributed by atoms with Gasteiger partial charge in [-0.3, -0.25) is 0 Å². The molecule has 0 atom stereocenters. The standard InChI is InChI=1S/C60H132O4P4/c1-16-22-28-34-40-46-52-58(53-47-41-35-29-23-17-2)66(7,8,9)62-65(61,63-67(10,11,12)59(54-48-42-36-30-24-18-3)55-49-43-37-31-25-19-4)64-68(13,14,15)60(56-50-44-38-32-26-20-5)57-51-45-39-33-27-21-6/h58-60H,16-57H2,1-15H3. The molecule has 0 aliphatic rings. The van der Waals surface area contributed by atoms with E-state index in [9.17, 15) is 0 Å². The van der Waals surface area contributed by atoms with E-state index in [1.807, 2.05) is 0 Å². The van der Waals surface area contributed by atoms with Crippen LogP contribution in [0.4, 0.5) is 0 Å². The van der Waals surface area contributed by atoms with Gasteiger partial charge in [0.2, 0.25) is 0 Å². The fourth-order valence-corrected chi connectivity index (χ4v) is 29.1. The molecular formula is C60H132O4P4. The van der Waals surface area contributed by atoms with Crippen molar-refractivity contribution in [3.8, 4) is 0 Å². The van der Waals surface area contributed by atoms with E-state index in [2.05, 4.69) is 102 Å². The molecule has 8 heteroatoms. The van der Waals surface area contributed by atoms with Gasteiger partial charge >= 0.3 is 434 Å². The molecule has 416 valence electrons. The van der Waals surface area contributed by atoms with E-state index >= 15 is 4.57 Å². The fourth-order valence-electron chi connectivity index (χ4n) is 11.4. The first-order valence-electron chi connectivity index (χ1n) is 30.8. The summed E-state index contributed by atoms with van der Waals surface area (Å²) in [6, 6.07) is 0. The molecule has 0 aromatic heterocycles. The first-order valence-corrected chi connectivity index (χ1v) is 42.9. The van der Waals surface area contributed by atoms with Crippen molar-refractivity contribution in [1.29, 1.82) is 0 Å². The first kappa shape index (κ1) is 69.4. The van der Waals surface area contributed by atoms with E-state index < -0.39 is 28.3 Å². The van der Waals surface area contributed by atoms with Crippen LogP contribution in [0.5, 0.6) is 0 Å². The van der Waals surface area contributed by atoms with Gasteiger partial charge in [0.1, 0.15) is 0 Å². The third kappa shape index (κ3) is 33.3. The van der Waals surface area contributed by atoms with Crippen molar-refractivity contribution < 1.29 is 17.5 Å². The summed E-state index contributed by atoms with van der Waals surface area (Å²) in [5.41, 5.74) is 1.16. The molecule has 0 N–H and O–H groups in total. The molecule has 0 heterocycles. The van der Waals surface area contributed by atoms with Gasteiger partial charge in [0.15, 0.2) is 0 Å². The Hall–Kier alpha value is 1.40. The second-order valence-corrected chi connectivity index (χ2v) is 48.0. The predicted octanol–water partition coefficient (Wildman–Crippen LogP) is 23.8. The molecule has 0 rings (SSSR count). The average molecular weight is 1040 g/mol. The Morgan fingerprint density at radius 2 is 0.382 bits per heavy atom. The molecule has 68 heavy (non-hydrogen) atoms. The van der Waals surface area contributed by atoms with E-state index in [0.717, 1.165) is 38.5 Å². The van der Waals surface area contributed by atoms with E-state index in [0.29, 0.717) is 17.0 Å². The van der Waals surface area contributed by atoms with Crippen molar-refractivity contribution in [2.45, 2.75) is 328 Å². The van der Waals surface area contributed by atoms with Crippen molar-refractivity contribution in [3.63, 3.8) is 0 Å². The second-order valence-electron chi connectivity index (χ2n) is 26.3. The van der Waals surface area contributed by atoms with Gasteiger partial charge in [0, 0.05) is 0 Å². The summed E-state index contributed by atoms with van der Waals surface area (Å²) in [6.45, 7) is 26.3. The van der Waals surface area contributed by atoms with E-state index in [-0.39, 0.29) is 0 Å². The summed E-state index contributed by atoms with van der Waals surface area (Å²) in [7, 11) is -4.09. The Labute approximate surface area is 431 Å². The Bertz CT molecular complexity index is 1030. The van der Waals surface area contributed by atoms with Gasteiger partial charge in [-0.1, -0.05) is 0 Å². The SMILES string of the molecule is CCCCCCCCC(CCCCCCCC)P(C)(C)(C)OP(=O)(OP(C)(C)(C)C(CCCCCCCC)CCCCCCCC)OP(C)(C)(C)C(CCCCCCCC)CCCCCCCC. The minimum absolute atomic E-state index is 0.385. The minimum atomic E-state index is -4.09. The van der Waals surface area contributed by atoms with Gasteiger partial charge in [-0.2, -0.15) is 0 Å². The first-order chi connectivity index (χ1) is 32.0. The van der Waals surface area contributed by atoms with Crippen molar-refractivity contribution >= 4 is 28.3 Å². The molecule has 0 fully saturated rings. The average Bonchev–Trinajstić information content (AvgIpc) is 3.23. The number of unbranched alkanes of at least 4 members (excludes halogenated alkanes) is 30. The molecule has 4 nitrogen and oxygen atoms in total. The Morgan fingerprint density at radius 1 is 0.250 bits per heavy atom. The predicted molar refractivity (Wildman–Crippen MR) is 324 cm³/mol. The van der Waals surface area contributed by atoms with Crippen molar-refractivity contribution in [1.82, 2.24) is 0 Å². The molecule has 0 amide bonds. The second kappa shape index (κ2) is 37.2. The quantitative estimate of drug-likeness (QED) is 0.0450. The normalized spacial score (nSPS) is 15.6. The summed E-state index contributed by atoms with van der Waals surface area (Å²) in [4.78, 5) is 0. The van der Waals surface area contributed by atoms with Gasteiger partial charge in [0.25, 0.3) is 0 Å². The van der Waals surface area contributed by atoms with Crippen molar-refractivity contribution in [2.24, 2.45) is 0 Å². The third-order valence-electron chi connectivity index (χ3n) is 16.3. The van der Waals surface area contributed by atoms with Crippen LogP contribution in [0, 0.1) is 0 Å². The van der Waals surface area contributed by atoms with Crippen LogP contribution in [-0.2, 0) is 17.5 Å². The van der Waals surface area contributed by atoms with E-state index in [4.69, 9.17) is 12.9 Å². The van der Waals surface area contributed by atoms with Crippen LogP contribution in [0.2, 0.25) is 0 Å². The Balaban J connectivity index is 7.43. The van der Waals surface area contributed by atoms with Crippen LogP contribution < -0.4 is 0 Å². The van der Waals surface area contributed by atoms with Crippen LogP contribution in [0.25, 0.3) is 0 Å². The number of phosphoric acid groups is 1. The topological polar surface area (TPSA) is 44.8 Å². The zero-order chi connectivity index (χ0) is 51.4. The van der Waals surface area contributed by atoms with Crippen molar-refractivity contribution in [3.05, 3.63) is 0 Å². The van der Waals surface area contributed by atoms with Gasteiger partial charge in [-0.15, -0.1) is 0 Å². The molecule has 0 radical (unpaired) electrons. The molecule has 0 aliphatic carbocycles. The van der Waals surface area contributed by atoms with Crippen molar-refractivity contribution in [2.75, 3.05) is 60.0 Å². The zero-order valence-electron chi connectivity index (χ0n) is 49.9. The van der Waals surface area contributed by atoms with Gasteiger partial charge < -0.3 is 0 Å². The van der Waals surface area contributed by atoms with Crippen LogP contribution >= 0.6 is 28.3 Å². The van der Waals surface area contributed by atoms with Crippen LogP contribution in [-0.4, -0.2) is 77.0 Å². The molecule has 0 aromatic carbocycles. The summed E-state index contributed by atoms with van der Waals surface area (Å²) < 4.78 is 40.2. The summed E-state index contributed by atoms with van der Waals surface area (Å²) >= 11 is 0. The fraction of sp³-hybridized carbons (Fsp3) is 1.00. The summed E-state index contributed by atoms with van der Waals surface area (Å²) in [5, 5.41) is 0. The third-order valence-corrected chi connectivity index (χ3v) is 34.7. The molecule has 0 unspecified atom stereocenters. The van der Waals surface area contributed by atoms with Crippen LogP contribution in [0.15, 0.2) is 0 Å². The van der Waals surface area contributed by atoms with E-state index in [1.54, 1.807) is 0 Å². The zero-order valence-corrected chi connectivity index (χ0v) is 53.4. The molecule has 0 aliphatic heterocycles. The monoisotopic (exact) mass is 1040 g/mol. The van der Waals surface area contributed by atoms with Gasteiger partial charge in [-0.05, 0) is 0 Å². The molecule has 0 bridgehead atoms. The summed E-state index contributed by atoms with van der Waals surface area (Å²) in [6.07, 6.45) is 53.7. The molecule has 0 aromatic rings. The Kier molecular flexibility index (Phi) is 38.0. The molecule has 0 saturated carbocycles. The summed E-state index contributed by atoms with van der Waals surface area (Å²) in [5.74, 6) is 0. The number of hydrogen-bond acceptors (Lipinski definition) is 4. The number of rotatable bonds is 51. The maximum atomic E-state index is 16.9.